The molecule has 1 aliphatic heterocycles. The predicted molar refractivity (Wildman–Crippen MR) is 73.7 cm³/mol. The maximum absolute atomic E-state index is 12.6. The molecule has 3 fully saturated rings. The molecule has 0 bridgehead atoms. The van der Waals surface area contributed by atoms with Gasteiger partial charge in [-0.1, -0.05) is 19.3 Å². The molecule has 106 valence electrons. The summed E-state index contributed by atoms with van der Waals surface area (Å²) in [6.07, 6.45) is 10.7. The van der Waals surface area contributed by atoms with Crippen LogP contribution in [0.5, 0.6) is 0 Å². The van der Waals surface area contributed by atoms with Crippen LogP contribution in [0.1, 0.15) is 64.2 Å². The van der Waals surface area contributed by atoms with Crippen molar-refractivity contribution in [2.45, 2.75) is 70.3 Å². The molecule has 0 aromatic heterocycles. The van der Waals surface area contributed by atoms with Gasteiger partial charge < -0.3 is 4.90 Å². The Bertz CT molecular complexity index is 360. The van der Waals surface area contributed by atoms with Crippen molar-refractivity contribution in [2.75, 3.05) is 6.54 Å². The van der Waals surface area contributed by atoms with E-state index in [4.69, 9.17) is 0 Å². The molecule has 2 atom stereocenters. The first-order valence-corrected chi connectivity index (χ1v) is 8.10. The largest absolute Gasteiger partial charge is 0.339 e. The lowest BCUT2D eigenvalue weighted by Crippen LogP contribution is -2.45. The number of rotatable bonds is 2. The molecule has 0 radical (unpaired) electrons. The zero-order valence-electron chi connectivity index (χ0n) is 11.8. The highest BCUT2D eigenvalue weighted by Gasteiger charge is 2.40. The molecule has 2 unspecified atom stereocenters. The summed E-state index contributed by atoms with van der Waals surface area (Å²) in [4.78, 5) is 26.8. The molecule has 3 heteroatoms. The number of amides is 1. The van der Waals surface area contributed by atoms with Crippen LogP contribution >= 0.6 is 0 Å². The van der Waals surface area contributed by atoms with Gasteiger partial charge in [0.25, 0.3) is 0 Å². The highest BCUT2D eigenvalue weighted by Crippen LogP contribution is 2.35. The lowest BCUT2D eigenvalue weighted by Gasteiger charge is -2.34. The summed E-state index contributed by atoms with van der Waals surface area (Å²) >= 11 is 0. The maximum Gasteiger partial charge on any atom is 0.225 e. The molecule has 0 aromatic carbocycles. The van der Waals surface area contributed by atoms with Crippen molar-refractivity contribution in [2.24, 2.45) is 11.8 Å². The zero-order chi connectivity index (χ0) is 13.2. The number of ketones is 1. The van der Waals surface area contributed by atoms with Crippen LogP contribution in [0.25, 0.3) is 0 Å². The molecule has 2 aliphatic carbocycles. The highest BCUT2D eigenvalue weighted by atomic mass is 16.2. The molecular weight excluding hydrogens is 238 g/mol. The first-order chi connectivity index (χ1) is 9.27. The van der Waals surface area contributed by atoms with Gasteiger partial charge in [0, 0.05) is 30.8 Å². The summed E-state index contributed by atoms with van der Waals surface area (Å²) < 4.78 is 0. The number of Topliss-reactive ketones (excluding diaryl/α,β-unsaturated/α-hetero) is 1. The third-order valence-corrected chi connectivity index (χ3v) is 5.35. The first kappa shape index (κ1) is 13.1. The van der Waals surface area contributed by atoms with E-state index in [0.717, 1.165) is 51.5 Å². The van der Waals surface area contributed by atoms with Crippen molar-refractivity contribution in [3.8, 4) is 0 Å². The van der Waals surface area contributed by atoms with E-state index >= 15 is 0 Å². The van der Waals surface area contributed by atoms with Gasteiger partial charge in [-0.15, -0.1) is 0 Å². The van der Waals surface area contributed by atoms with E-state index in [0.29, 0.717) is 11.7 Å². The molecular formula is C16H25NO2. The molecule has 0 aromatic rings. The van der Waals surface area contributed by atoms with Crippen LogP contribution in [0.3, 0.4) is 0 Å². The minimum atomic E-state index is 0.154. The Balaban J connectivity index is 1.69. The van der Waals surface area contributed by atoms with E-state index in [1.807, 2.05) is 0 Å². The molecule has 3 aliphatic rings. The normalized spacial score (nSPS) is 33.1. The third kappa shape index (κ3) is 2.56. The van der Waals surface area contributed by atoms with Crippen LogP contribution in [0.4, 0.5) is 0 Å². The van der Waals surface area contributed by atoms with Crippen LogP contribution in [0.15, 0.2) is 0 Å². The molecule has 3 rings (SSSR count). The van der Waals surface area contributed by atoms with Gasteiger partial charge in [0.05, 0.1) is 0 Å². The maximum atomic E-state index is 12.6. The molecule has 2 saturated carbocycles. The summed E-state index contributed by atoms with van der Waals surface area (Å²) in [5.41, 5.74) is 0. The zero-order valence-corrected chi connectivity index (χ0v) is 11.8. The van der Waals surface area contributed by atoms with Crippen LogP contribution in [0, 0.1) is 11.8 Å². The molecule has 1 saturated heterocycles. The van der Waals surface area contributed by atoms with Gasteiger partial charge in [-0.05, 0) is 38.5 Å². The Labute approximate surface area is 115 Å². The average Bonchev–Trinajstić information content (AvgIpc) is 3.10. The standard InChI is InChI=1S/C16H25NO2/c18-15-10-4-3-8-13(15)14-9-5-11-17(14)16(19)12-6-1-2-7-12/h12-14H,1-11H2. The number of hydrogen-bond acceptors (Lipinski definition) is 2. The minimum Gasteiger partial charge on any atom is -0.339 e. The fraction of sp³-hybridized carbons (Fsp3) is 0.875. The van der Waals surface area contributed by atoms with Crippen molar-refractivity contribution in [3.05, 3.63) is 0 Å². The van der Waals surface area contributed by atoms with E-state index < -0.39 is 0 Å². The van der Waals surface area contributed by atoms with Crippen molar-refractivity contribution in [3.63, 3.8) is 0 Å². The molecule has 0 spiro atoms. The first-order valence-electron chi connectivity index (χ1n) is 8.10. The van der Waals surface area contributed by atoms with Crippen LogP contribution < -0.4 is 0 Å². The summed E-state index contributed by atoms with van der Waals surface area (Å²) in [7, 11) is 0. The topological polar surface area (TPSA) is 37.4 Å². The van der Waals surface area contributed by atoms with Gasteiger partial charge in [0.1, 0.15) is 5.78 Å². The quantitative estimate of drug-likeness (QED) is 0.768. The second kappa shape index (κ2) is 5.64. The van der Waals surface area contributed by atoms with Crippen LogP contribution in [-0.2, 0) is 9.59 Å². The van der Waals surface area contributed by atoms with Gasteiger partial charge in [-0.2, -0.15) is 0 Å². The second-order valence-corrected chi connectivity index (χ2v) is 6.54. The van der Waals surface area contributed by atoms with E-state index in [1.54, 1.807) is 0 Å². The molecule has 19 heavy (non-hydrogen) atoms. The molecule has 3 nitrogen and oxygen atoms in total. The smallest absolute Gasteiger partial charge is 0.225 e. The summed E-state index contributed by atoms with van der Waals surface area (Å²) in [6, 6.07) is 0.237. The van der Waals surface area contributed by atoms with E-state index in [9.17, 15) is 9.59 Å². The predicted octanol–water partition coefficient (Wildman–Crippen LogP) is 2.93. The Morgan fingerprint density at radius 3 is 2.42 bits per heavy atom. The summed E-state index contributed by atoms with van der Waals surface area (Å²) in [5, 5.41) is 0. The van der Waals surface area contributed by atoms with Crippen LogP contribution in [-0.4, -0.2) is 29.2 Å². The minimum absolute atomic E-state index is 0.154. The molecule has 0 N–H and O–H groups in total. The van der Waals surface area contributed by atoms with Crippen molar-refractivity contribution < 1.29 is 9.59 Å². The van der Waals surface area contributed by atoms with Crippen molar-refractivity contribution in [1.82, 2.24) is 4.90 Å². The fourth-order valence-corrected chi connectivity index (χ4v) is 4.31. The molecule has 1 heterocycles. The van der Waals surface area contributed by atoms with Crippen LogP contribution in [0.2, 0.25) is 0 Å². The number of carbonyl (C=O) groups excluding carboxylic acids is 2. The average molecular weight is 263 g/mol. The van der Waals surface area contributed by atoms with Crippen molar-refractivity contribution in [1.29, 1.82) is 0 Å². The van der Waals surface area contributed by atoms with Gasteiger partial charge in [-0.25, -0.2) is 0 Å². The van der Waals surface area contributed by atoms with E-state index in [1.165, 1.54) is 19.3 Å². The molecule has 1 amide bonds. The fourth-order valence-electron chi connectivity index (χ4n) is 4.31. The Kier molecular flexibility index (Phi) is 3.90. The van der Waals surface area contributed by atoms with Crippen molar-refractivity contribution >= 4 is 11.7 Å². The highest BCUT2D eigenvalue weighted by molar-refractivity contribution is 5.84. The third-order valence-electron chi connectivity index (χ3n) is 5.35. The SMILES string of the molecule is O=C1CCCCC1C1CCCN1C(=O)C1CCCC1. The summed E-state index contributed by atoms with van der Waals surface area (Å²) in [6.45, 7) is 0.893. The van der Waals surface area contributed by atoms with E-state index in [2.05, 4.69) is 4.90 Å². The lowest BCUT2D eigenvalue weighted by molar-refractivity contribution is -0.139. The van der Waals surface area contributed by atoms with Gasteiger partial charge in [-0.3, -0.25) is 9.59 Å². The Hall–Kier alpha value is -0.860. The van der Waals surface area contributed by atoms with Gasteiger partial charge >= 0.3 is 0 Å². The van der Waals surface area contributed by atoms with Gasteiger partial charge in [0.15, 0.2) is 0 Å². The summed E-state index contributed by atoms with van der Waals surface area (Å²) in [5.74, 6) is 1.20. The van der Waals surface area contributed by atoms with Gasteiger partial charge in [0.2, 0.25) is 5.91 Å². The number of nitrogens with zero attached hydrogens (tertiary/aromatic N) is 1. The monoisotopic (exact) mass is 263 g/mol. The Morgan fingerprint density at radius 2 is 1.68 bits per heavy atom. The number of hydrogen-bond donors (Lipinski definition) is 0. The Morgan fingerprint density at radius 1 is 0.947 bits per heavy atom. The number of likely N-dealkylation sites (tertiary alicyclic amines) is 1. The van der Waals surface area contributed by atoms with E-state index in [-0.39, 0.29) is 17.9 Å². The number of carbonyl (C=O) groups is 2. The second-order valence-electron chi connectivity index (χ2n) is 6.54. The lowest BCUT2D eigenvalue weighted by atomic mass is 9.81.